The molecular weight excluding hydrogens is 396 g/mol. The van der Waals surface area contributed by atoms with E-state index in [1.807, 2.05) is 24.3 Å². The van der Waals surface area contributed by atoms with E-state index in [0.717, 1.165) is 19.2 Å². The highest BCUT2D eigenvalue weighted by Gasteiger charge is 2.13. The molecule has 0 aliphatic heterocycles. The lowest BCUT2D eigenvalue weighted by molar-refractivity contribution is 0.623. The van der Waals surface area contributed by atoms with E-state index in [0.29, 0.717) is 0 Å². The molecule has 1 atom stereocenters. The Balaban J connectivity index is 2.43. The van der Waals surface area contributed by atoms with Crippen LogP contribution >= 0.6 is 38.5 Å². The van der Waals surface area contributed by atoms with Gasteiger partial charge in [-0.25, -0.2) is 4.39 Å². The first-order valence-electron chi connectivity index (χ1n) is 5.04. The summed E-state index contributed by atoms with van der Waals surface area (Å²) in [5, 5.41) is 0. The van der Waals surface area contributed by atoms with Crippen LogP contribution in [0.3, 0.4) is 0 Å². The highest BCUT2D eigenvalue weighted by molar-refractivity contribution is 14.1. The Bertz CT molecular complexity index is 545. The van der Waals surface area contributed by atoms with E-state index in [2.05, 4.69) is 38.5 Å². The van der Waals surface area contributed by atoms with E-state index in [1.165, 1.54) is 12.1 Å². The van der Waals surface area contributed by atoms with Crippen molar-refractivity contribution in [1.82, 2.24) is 0 Å². The van der Waals surface area contributed by atoms with Gasteiger partial charge in [-0.2, -0.15) is 0 Å². The van der Waals surface area contributed by atoms with Crippen molar-refractivity contribution in [2.45, 2.75) is 6.04 Å². The molecule has 0 aliphatic rings. The van der Waals surface area contributed by atoms with Gasteiger partial charge in [-0.3, -0.25) is 0 Å². The van der Waals surface area contributed by atoms with Gasteiger partial charge >= 0.3 is 0 Å². The van der Waals surface area contributed by atoms with Gasteiger partial charge in [0.05, 0.1) is 6.04 Å². The van der Waals surface area contributed by atoms with Crippen molar-refractivity contribution >= 4 is 38.5 Å². The van der Waals surface area contributed by atoms with Gasteiger partial charge in [0.2, 0.25) is 0 Å². The lowest BCUT2D eigenvalue weighted by Gasteiger charge is -2.15. The summed E-state index contributed by atoms with van der Waals surface area (Å²) in [5.41, 5.74) is 7.89. The molecule has 0 heterocycles. The fourth-order valence-corrected chi connectivity index (χ4v) is 2.64. The zero-order valence-corrected chi connectivity index (χ0v) is 12.6. The molecule has 0 saturated carbocycles. The fraction of sp³-hybridized carbons (Fsp3) is 0.0769. The third-order valence-electron chi connectivity index (χ3n) is 2.50. The SMILES string of the molecule is NC(c1cccc(F)c1)c1cc(I)ccc1Br. The third-order valence-corrected chi connectivity index (χ3v) is 3.89. The molecular formula is C13H10BrFIN. The van der Waals surface area contributed by atoms with Crippen molar-refractivity contribution in [2.75, 3.05) is 0 Å². The Labute approximate surface area is 121 Å². The summed E-state index contributed by atoms with van der Waals surface area (Å²) < 4.78 is 15.2. The molecule has 4 heteroatoms. The van der Waals surface area contributed by atoms with Crippen molar-refractivity contribution in [1.29, 1.82) is 0 Å². The number of rotatable bonds is 2. The van der Waals surface area contributed by atoms with Crippen molar-refractivity contribution in [3.63, 3.8) is 0 Å². The molecule has 0 amide bonds. The zero-order valence-electron chi connectivity index (χ0n) is 8.83. The summed E-state index contributed by atoms with van der Waals surface area (Å²) in [6.45, 7) is 0. The van der Waals surface area contributed by atoms with Crippen LogP contribution < -0.4 is 5.73 Å². The molecule has 17 heavy (non-hydrogen) atoms. The van der Waals surface area contributed by atoms with E-state index >= 15 is 0 Å². The topological polar surface area (TPSA) is 26.0 Å². The first-order valence-corrected chi connectivity index (χ1v) is 6.91. The van der Waals surface area contributed by atoms with Crippen molar-refractivity contribution in [3.05, 3.63) is 67.5 Å². The molecule has 0 spiro atoms. The van der Waals surface area contributed by atoms with E-state index in [1.54, 1.807) is 6.07 Å². The van der Waals surface area contributed by atoms with E-state index in [-0.39, 0.29) is 11.9 Å². The molecule has 0 bridgehead atoms. The largest absolute Gasteiger partial charge is 0.320 e. The molecule has 88 valence electrons. The predicted molar refractivity (Wildman–Crippen MR) is 79.3 cm³/mol. The van der Waals surface area contributed by atoms with Gasteiger partial charge in [0.25, 0.3) is 0 Å². The maximum Gasteiger partial charge on any atom is 0.123 e. The molecule has 2 aromatic rings. The van der Waals surface area contributed by atoms with E-state index in [9.17, 15) is 4.39 Å². The average molecular weight is 406 g/mol. The van der Waals surface area contributed by atoms with Gasteiger partial charge in [0, 0.05) is 8.04 Å². The van der Waals surface area contributed by atoms with Crippen LogP contribution in [0.15, 0.2) is 46.9 Å². The summed E-state index contributed by atoms with van der Waals surface area (Å²) in [6.07, 6.45) is 0. The monoisotopic (exact) mass is 405 g/mol. The van der Waals surface area contributed by atoms with Crippen LogP contribution in [0.4, 0.5) is 4.39 Å². The van der Waals surface area contributed by atoms with Crippen LogP contribution in [-0.4, -0.2) is 0 Å². The van der Waals surface area contributed by atoms with Crippen molar-refractivity contribution in [2.24, 2.45) is 5.73 Å². The maximum atomic E-state index is 13.2. The van der Waals surface area contributed by atoms with Crippen LogP contribution in [0.25, 0.3) is 0 Å². The summed E-state index contributed by atoms with van der Waals surface area (Å²) in [4.78, 5) is 0. The Morgan fingerprint density at radius 2 is 1.94 bits per heavy atom. The van der Waals surface area contributed by atoms with Gasteiger partial charge < -0.3 is 5.73 Å². The van der Waals surface area contributed by atoms with Gasteiger partial charge in [0.15, 0.2) is 0 Å². The molecule has 0 saturated heterocycles. The highest BCUT2D eigenvalue weighted by Crippen LogP contribution is 2.28. The quantitative estimate of drug-likeness (QED) is 0.743. The first-order chi connectivity index (χ1) is 8.08. The lowest BCUT2D eigenvalue weighted by Crippen LogP contribution is -2.12. The Kier molecular flexibility index (Phi) is 4.17. The van der Waals surface area contributed by atoms with Crippen molar-refractivity contribution in [3.8, 4) is 0 Å². The summed E-state index contributed by atoms with van der Waals surface area (Å²) >= 11 is 5.70. The number of hydrogen-bond donors (Lipinski definition) is 1. The minimum Gasteiger partial charge on any atom is -0.320 e. The lowest BCUT2D eigenvalue weighted by atomic mass is 10.00. The second-order valence-electron chi connectivity index (χ2n) is 3.70. The van der Waals surface area contributed by atoms with Crippen LogP contribution in [0.5, 0.6) is 0 Å². The van der Waals surface area contributed by atoms with Gasteiger partial charge in [-0.05, 0) is 64.0 Å². The average Bonchev–Trinajstić information content (AvgIpc) is 2.31. The number of nitrogens with two attached hydrogens (primary N) is 1. The molecule has 2 N–H and O–H groups in total. The van der Waals surface area contributed by atoms with Gasteiger partial charge in [-0.1, -0.05) is 28.1 Å². The summed E-state index contributed by atoms with van der Waals surface area (Å²) in [6, 6.07) is 12.0. The predicted octanol–water partition coefficient (Wildman–Crippen LogP) is 4.24. The number of benzene rings is 2. The number of hydrogen-bond acceptors (Lipinski definition) is 1. The zero-order chi connectivity index (χ0) is 12.4. The number of halogens is 3. The van der Waals surface area contributed by atoms with E-state index in [4.69, 9.17) is 5.73 Å². The Morgan fingerprint density at radius 1 is 1.18 bits per heavy atom. The fourth-order valence-electron chi connectivity index (χ4n) is 1.63. The molecule has 2 rings (SSSR count). The minimum atomic E-state index is -0.324. The van der Waals surface area contributed by atoms with Gasteiger partial charge in [0.1, 0.15) is 5.82 Å². The molecule has 1 unspecified atom stereocenters. The van der Waals surface area contributed by atoms with E-state index < -0.39 is 0 Å². The Morgan fingerprint density at radius 3 is 2.65 bits per heavy atom. The molecule has 0 radical (unpaired) electrons. The van der Waals surface area contributed by atoms with Crippen LogP contribution in [0, 0.1) is 9.39 Å². The normalized spacial score (nSPS) is 12.5. The molecule has 0 aromatic heterocycles. The third kappa shape index (κ3) is 3.05. The first kappa shape index (κ1) is 13.0. The summed E-state index contributed by atoms with van der Waals surface area (Å²) in [5.74, 6) is -0.264. The Hall–Kier alpha value is -0.460. The second-order valence-corrected chi connectivity index (χ2v) is 5.80. The smallest absolute Gasteiger partial charge is 0.123 e. The molecule has 0 aliphatic carbocycles. The highest BCUT2D eigenvalue weighted by atomic mass is 127. The standard InChI is InChI=1S/C13H10BrFIN/c14-12-5-4-10(16)7-11(12)13(17)8-2-1-3-9(15)6-8/h1-7,13H,17H2. The molecule has 1 nitrogen and oxygen atoms in total. The minimum absolute atomic E-state index is 0.264. The molecule has 2 aromatic carbocycles. The maximum absolute atomic E-state index is 13.2. The van der Waals surface area contributed by atoms with Crippen molar-refractivity contribution < 1.29 is 4.39 Å². The summed E-state index contributed by atoms with van der Waals surface area (Å²) in [7, 11) is 0. The molecule has 0 fully saturated rings. The second kappa shape index (κ2) is 5.46. The van der Waals surface area contributed by atoms with Gasteiger partial charge in [-0.15, -0.1) is 0 Å². The van der Waals surface area contributed by atoms with Crippen LogP contribution in [0.1, 0.15) is 17.2 Å². The van der Waals surface area contributed by atoms with Crippen LogP contribution in [-0.2, 0) is 0 Å². The van der Waals surface area contributed by atoms with Crippen LogP contribution in [0.2, 0.25) is 0 Å².